The summed E-state index contributed by atoms with van der Waals surface area (Å²) in [5.41, 5.74) is 1.29. The predicted octanol–water partition coefficient (Wildman–Crippen LogP) is 1.38. The molecule has 0 aliphatic carbocycles. The Morgan fingerprint density at radius 1 is 1.15 bits per heavy atom. The number of carbonyl (C=O) groups excluding carboxylic acids is 1. The third kappa shape index (κ3) is 3.12. The van der Waals surface area contributed by atoms with Crippen LogP contribution in [0.1, 0.15) is 19.3 Å². The van der Waals surface area contributed by atoms with Crippen LogP contribution >= 0.6 is 0 Å². The van der Waals surface area contributed by atoms with Crippen molar-refractivity contribution in [3.8, 4) is 0 Å². The lowest BCUT2D eigenvalue weighted by atomic mass is 10.0. The van der Waals surface area contributed by atoms with E-state index in [-0.39, 0.29) is 11.8 Å². The van der Waals surface area contributed by atoms with Crippen molar-refractivity contribution in [2.24, 2.45) is 5.92 Å². The molecule has 0 aromatic heterocycles. The van der Waals surface area contributed by atoms with E-state index in [1.54, 1.807) is 0 Å². The molecule has 4 nitrogen and oxygen atoms in total. The fourth-order valence-corrected chi connectivity index (χ4v) is 3.12. The maximum atomic E-state index is 12.1. The Morgan fingerprint density at radius 2 is 1.90 bits per heavy atom. The number of amides is 1. The summed E-state index contributed by atoms with van der Waals surface area (Å²) in [5.74, 6) is 0.426. The van der Waals surface area contributed by atoms with Gasteiger partial charge in [-0.1, -0.05) is 18.2 Å². The molecule has 1 unspecified atom stereocenters. The van der Waals surface area contributed by atoms with Gasteiger partial charge in [-0.25, -0.2) is 0 Å². The van der Waals surface area contributed by atoms with E-state index >= 15 is 0 Å². The zero-order chi connectivity index (χ0) is 13.8. The van der Waals surface area contributed by atoms with Crippen LogP contribution in [0.4, 0.5) is 5.69 Å². The number of para-hydroxylation sites is 1. The average Bonchev–Trinajstić information content (AvgIpc) is 3.03. The number of carbonyl (C=O) groups is 1. The predicted molar refractivity (Wildman–Crippen MR) is 80.8 cm³/mol. The Kier molecular flexibility index (Phi) is 4.21. The third-order valence-corrected chi connectivity index (χ3v) is 4.39. The number of anilines is 1. The molecule has 0 saturated carbocycles. The molecule has 2 aliphatic rings. The van der Waals surface area contributed by atoms with E-state index in [0.29, 0.717) is 6.04 Å². The molecule has 2 saturated heterocycles. The van der Waals surface area contributed by atoms with Crippen LogP contribution in [0.3, 0.4) is 0 Å². The fourth-order valence-electron chi connectivity index (χ4n) is 3.12. The third-order valence-electron chi connectivity index (χ3n) is 4.39. The summed E-state index contributed by atoms with van der Waals surface area (Å²) in [6.45, 7) is 3.87. The van der Waals surface area contributed by atoms with Crippen LogP contribution in [0.15, 0.2) is 30.3 Å². The summed E-state index contributed by atoms with van der Waals surface area (Å²) in [4.78, 5) is 14.5. The second-order valence-corrected chi connectivity index (χ2v) is 5.80. The Morgan fingerprint density at radius 3 is 2.55 bits per heavy atom. The van der Waals surface area contributed by atoms with Crippen LogP contribution in [-0.4, -0.2) is 38.1 Å². The van der Waals surface area contributed by atoms with Crippen molar-refractivity contribution in [2.45, 2.75) is 25.3 Å². The monoisotopic (exact) mass is 273 g/mol. The van der Waals surface area contributed by atoms with Gasteiger partial charge in [-0.15, -0.1) is 0 Å². The molecule has 108 valence electrons. The largest absolute Gasteiger partial charge is 0.371 e. The van der Waals surface area contributed by atoms with Crippen LogP contribution in [0, 0.1) is 5.92 Å². The van der Waals surface area contributed by atoms with E-state index in [2.05, 4.69) is 39.8 Å². The molecule has 20 heavy (non-hydrogen) atoms. The number of nitrogens with one attached hydrogen (secondary N) is 2. The normalized spacial score (nSPS) is 23.8. The van der Waals surface area contributed by atoms with Gasteiger partial charge in [0.15, 0.2) is 0 Å². The van der Waals surface area contributed by atoms with Crippen LogP contribution in [-0.2, 0) is 4.79 Å². The van der Waals surface area contributed by atoms with Crippen molar-refractivity contribution in [1.82, 2.24) is 10.6 Å². The molecule has 1 aromatic carbocycles. The number of benzene rings is 1. The lowest BCUT2D eigenvalue weighted by Crippen LogP contribution is -2.46. The summed E-state index contributed by atoms with van der Waals surface area (Å²) in [6, 6.07) is 10.9. The van der Waals surface area contributed by atoms with Gasteiger partial charge in [0.2, 0.25) is 5.91 Å². The van der Waals surface area contributed by atoms with Crippen molar-refractivity contribution < 1.29 is 4.79 Å². The van der Waals surface area contributed by atoms with Crippen molar-refractivity contribution in [3.05, 3.63) is 30.3 Å². The molecule has 1 atom stereocenters. The highest BCUT2D eigenvalue weighted by Gasteiger charge is 2.26. The van der Waals surface area contributed by atoms with Gasteiger partial charge in [-0.3, -0.25) is 4.79 Å². The number of rotatable bonds is 3. The highest BCUT2D eigenvalue weighted by atomic mass is 16.2. The van der Waals surface area contributed by atoms with Gasteiger partial charge in [0.05, 0.1) is 5.92 Å². The topological polar surface area (TPSA) is 44.4 Å². The summed E-state index contributed by atoms with van der Waals surface area (Å²) >= 11 is 0. The van der Waals surface area contributed by atoms with Gasteiger partial charge in [-0.05, 0) is 37.9 Å². The highest BCUT2D eigenvalue weighted by molar-refractivity contribution is 5.79. The van der Waals surface area contributed by atoms with Gasteiger partial charge in [0, 0.05) is 31.4 Å². The van der Waals surface area contributed by atoms with Crippen LogP contribution < -0.4 is 15.5 Å². The Balaban J connectivity index is 1.47. The van der Waals surface area contributed by atoms with E-state index in [9.17, 15) is 4.79 Å². The Hall–Kier alpha value is -1.55. The standard InChI is InChI=1S/C16H23N3O/c20-16(13-6-9-17-12-13)18-14-7-10-19(11-8-14)15-4-2-1-3-5-15/h1-5,13-14,17H,6-12H2,(H,18,20). The van der Waals surface area contributed by atoms with Crippen LogP contribution in [0.5, 0.6) is 0 Å². The van der Waals surface area contributed by atoms with E-state index in [1.165, 1.54) is 5.69 Å². The molecule has 3 rings (SSSR count). The van der Waals surface area contributed by atoms with E-state index in [0.717, 1.165) is 45.4 Å². The zero-order valence-electron chi connectivity index (χ0n) is 11.8. The number of hydrogen-bond donors (Lipinski definition) is 2. The highest BCUT2D eigenvalue weighted by Crippen LogP contribution is 2.20. The minimum atomic E-state index is 0.183. The first-order valence-electron chi connectivity index (χ1n) is 7.64. The van der Waals surface area contributed by atoms with Gasteiger partial charge < -0.3 is 15.5 Å². The Bertz CT molecular complexity index is 434. The van der Waals surface area contributed by atoms with E-state index in [1.807, 2.05) is 6.07 Å². The first kappa shape index (κ1) is 13.4. The molecule has 2 N–H and O–H groups in total. The molecule has 2 aliphatic heterocycles. The molecule has 0 spiro atoms. The van der Waals surface area contributed by atoms with Crippen molar-refractivity contribution in [2.75, 3.05) is 31.1 Å². The number of nitrogens with zero attached hydrogens (tertiary/aromatic N) is 1. The number of hydrogen-bond acceptors (Lipinski definition) is 3. The second kappa shape index (κ2) is 6.27. The van der Waals surface area contributed by atoms with E-state index < -0.39 is 0 Å². The Labute approximate surface area is 120 Å². The molecule has 2 heterocycles. The van der Waals surface area contributed by atoms with Gasteiger partial charge in [0.1, 0.15) is 0 Å². The first-order chi connectivity index (χ1) is 9.83. The summed E-state index contributed by atoms with van der Waals surface area (Å²) in [7, 11) is 0. The quantitative estimate of drug-likeness (QED) is 0.874. The molecule has 0 bridgehead atoms. The SMILES string of the molecule is O=C(NC1CCN(c2ccccc2)CC1)C1CCNC1. The molecular weight excluding hydrogens is 250 g/mol. The van der Waals surface area contributed by atoms with Crippen LogP contribution in [0.2, 0.25) is 0 Å². The van der Waals surface area contributed by atoms with Gasteiger partial charge >= 0.3 is 0 Å². The molecule has 1 amide bonds. The van der Waals surface area contributed by atoms with Crippen molar-refractivity contribution in [3.63, 3.8) is 0 Å². The number of piperidine rings is 1. The van der Waals surface area contributed by atoms with Gasteiger partial charge in [0.25, 0.3) is 0 Å². The molecule has 1 aromatic rings. The van der Waals surface area contributed by atoms with Crippen LogP contribution in [0.25, 0.3) is 0 Å². The minimum absolute atomic E-state index is 0.183. The minimum Gasteiger partial charge on any atom is -0.371 e. The van der Waals surface area contributed by atoms with Crippen molar-refractivity contribution >= 4 is 11.6 Å². The lowest BCUT2D eigenvalue weighted by Gasteiger charge is -2.34. The summed E-state index contributed by atoms with van der Waals surface area (Å²) in [6.07, 6.45) is 3.07. The molecule has 0 radical (unpaired) electrons. The smallest absolute Gasteiger partial charge is 0.224 e. The molecular formula is C16H23N3O. The molecule has 4 heteroatoms. The fraction of sp³-hybridized carbons (Fsp3) is 0.562. The second-order valence-electron chi connectivity index (χ2n) is 5.80. The van der Waals surface area contributed by atoms with Crippen molar-refractivity contribution in [1.29, 1.82) is 0 Å². The molecule has 2 fully saturated rings. The summed E-state index contributed by atoms with van der Waals surface area (Å²) < 4.78 is 0. The first-order valence-corrected chi connectivity index (χ1v) is 7.64. The van der Waals surface area contributed by atoms with Gasteiger partial charge in [-0.2, -0.15) is 0 Å². The maximum Gasteiger partial charge on any atom is 0.224 e. The average molecular weight is 273 g/mol. The zero-order valence-corrected chi connectivity index (χ0v) is 11.8. The maximum absolute atomic E-state index is 12.1. The summed E-state index contributed by atoms with van der Waals surface area (Å²) in [5, 5.41) is 6.48. The van der Waals surface area contributed by atoms with E-state index in [4.69, 9.17) is 0 Å². The lowest BCUT2D eigenvalue weighted by molar-refractivity contribution is -0.125.